The lowest BCUT2D eigenvalue weighted by Crippen LogP contribution is -2.13. The molecule has 0 aromatic heterocycles. The van der Waals surface area contributed by atoms with Gasteiger partial charge in [-0.2, -0.15) is 0 Å². The SMILES string of the molecule is C=C[C@H]1C(C=O)=CC=C[C@@H]1C. The third kappa shape index (κ3) is 1.48. The van der Waals surface area contributed by atoms with Crippen LogP contribution in [0.5, 0.6) is 0 Å². The number of hydrogen-bond acceptors (Lipinski definition) is 1. The van der Waals surface area contributed by atoms with Gasteiger partial charge in [0.2, 0.25) is 0 Å². The maximum Gasteiger partial charge on any atom is 0.146 e. The second-order valence-corrected chi connectivity index (χ2v) is 2.79. The number of aldehydes is 1. The average Bonchev–Trinajstić information content (AvgIpc) is 2.04. The first-order valence-corrected chi connectivity index (χ1v) is 3.75. The Morgan fingerprint density at radius 1 is 1.64 bits per heavy atom. The molecule has 0 bridgehead atoms. The predicted octanol–water partition coefficient (Wildman–Crippen LogP) is 2.12. The van der Waals surface area contributed by atoms with Crippen molar-refractivity contribution in [1.29, 1.82) is 0 Å². The molecule has 1 nitrogen and oxygen atoms in total. The lowest BCUT2D eigenvalue weighted by atomic mass is 9.84. The second kappa shape index (κ2) is 3.33. The van der Waals surface area contributed by atoms with Crippen LogP contribution < -0.4 is 0 Å². The van der Waals surface area contributed by atoms with Crippen molar-refractivity contribution in [2.24, 2.45) is 11.8 Å². The highest BCUT2D eigenvalue weighted by molar-refractivity contribution is 5.76. The van der Waals surface area contributed by atoms with E-state index in [-0.39, 0.29) is 5.92 Å². The van der Waals surface area contributed by atoms with Crippen molar-refractivity contribution in [1.82, 2.24) is 0 Å². The highest BCUT2D eigenvalue weighted by Gasteiger charge is 2.17. The molecule has 0 saturated heterocycles. The molecule has 1 aliphatic carbocycles. The molecule has 0 aromatic rings. The summed E-state index contributed by atoms with van der Waals surface area (Å²) in [4.78, 5) is 10.5. The largest absolute Gasteiger partial charge is 0.298 e. The molecule has 0 saturated carbocycles. The summed E-state index contributed by atoms with van der Waals surface area (Å²) in [5.74, 6) is 0.607. The van der Waals surface area contributed by atoms with E-state index in [2.05, 4.69) is 19.6 Å². The molecule has 0 radical (unpaired) electrons. The highest BCUT2D eigenvalue weighted by Crippen LogP contribution is 2.25. The summed E-state index contributed by atoms with van der Waals surface area (Å²) in [7, 11) is 0. The van der Waals surface area contributed by atoms with Crippen molar-refractivity contribution < 1.29 is 4.79 Å². The summed E-state index contributed by atoms with van der Waals surface area (Å²) in [6.45, 7) is 5.78. The molecule has 1 aliphatic rings. The molecule has 0 unspecified atom stereocenters. The topological polar surface area (TPSA) is 17.1 Å². The van der Waals surface area contributed by atoms with Crippen LogP contribution >= 0.6 is 0 Å². The van der Waals surface area contributed by atoms with Crippen LogP contribution in [-0.4, -0.2) is 6.29 Å². The van der Waals surface area contributed by atoms with Crippen LogP contribution in [0, 0.1) is 11.8 Å². The Hall–Kier alpha value is -1.11. The van der Waals surface area contributed by atoms with Gasteiger partial charge in [-0.25, -0.2) is 0 Å². The van der Waals surface area contributed by atoms with Crippen LogP contribution in [0.4, 0.5) is 0 Å². The first-order chi connectivity index (χ1) is 5.29. The molecule has 1 rings (SSSR count). The van der Waals surface area contributed by atoms with Gasteiger partial charge in [0.1, 0.15) is 6.29 Å². The van der Waals surface area contributed by atoms with Crippen LogP contribution in [0.3, 0.4) is 0 Å². The Morgan fingerprint density at radius 3 is 2.82 bits per heavy atom. The first-order valence-electron chi connectivity index (χ1n) is 3.75. The maximum atomic E-state index is 10.5. The quantitative estimate of drug-likeness (QED) is 0.433. The van der Waals surface area contributed by atoms with Crippen LogP contribution in [0.25, 0.3) is 0 Å². The van der Waals surface area contributed by atoms with E-state index in [1.54, 1.807) is 0 Å². The summed E-state index contributed by atoms with van der Waals surface area (Å²) in [6, 6.07) is 0. The highest BCUT2D eigenvalue weighted by atomic mass is 16.1. The standard InChI is InChI=1S/C10H12O/c1-3-10-8(2)5-4-6-9(10)7-11/h3-8,10H,1H2,2H3/t8-,10+/m0/s1. The molecule has 0 N–H and O–H groups in total. The minimum absolute atomic E-state index is 0.206. The molecular weight excluding hydrogens is 136 g/mol. The van der Waals surface area contributed by atoms with Crippen molar-refractivity contribution in [2.75, 3.05) is 0 Å². The second-order valence-electron chi connectivity index (χ2n) is 2.79. The fourth-order valence-electron chi connectivity index (χ4n) is 1.34. The predicted molar refractivity (Wildman–Crippen MR) is 46.1 cm³/mol. The smallest absolute Gasteiger partial charge is 0.146 e. The molecule has 0 fully saturated rings. The summed E-state index contributed by atoms with van der Waals surface area (Å²) in [6.07, 6.45) is 8.59. The maximum absolute atomic E-state index is 10.5. The molecule has 0 aliphatic heterocycles. The Bertz CT molecular complexity index is 223. The van der Waals surface area contributed by atoms with Gasteiger partial charge < -0.3 is 0 Å². The Kier molecular flexibility index (Phi) is 2.42. The lowest BCUT2D eigenvalue weighted by molar-refractivity contribution is -0.105. The molecule has 0 spiro atoms. The van der Waals surface area contributed by atoms with Gasteiger partial charge in [-0.3, -0.25) is 4.79 Å². The first kappa shape index (κ1) is 7.99. The van der Waals surface area contributed by atoms with Crippen LogP contribution in [0.1, 0.15) is 6.92 Å². The summed E-state index contributed by atoms with van der Waals surface area (Å²) in [5.41, 5.74) is 0.829. The number of carbonyl (C=O) groups is 1. The summed E-state index contributed by atoms with van der Waals surface area (Å²) >= 11 is 0. The number of allylic oxidation sites excluding steroid dienone is 5. The Balaban J connectivity index is 2.89. The van der Waals surface area contributed by atoms with E-state index in [1.807, 2.05) is 18.2 Å². The molecular formula is C10H12O. The molecule has 2 atom stereocenters. The molecule has 0 heterocycles. The lowest BCUT2D eigenvalue weighted by Gasteiger charge is -2.19. The number of hydrogen-bond donors (Lipinski definition) is 0. The molecule has 58 valence electrons. The van der Waals surface area contributed by atoms with E-state index in [4.69, 9.17) is 0 Å². The molecule has 1 heteroatoms. The molecule has 0 amide bonds. The number of rotatable bonds is 2. The van der Waals surface area contributed by atoms with E-state index < -0.39 is 0 Å². The van der Waals surface area contributed by atoms with Crippen molar-refractivity contribution >= 4 is 6.29 Å². The van der Waals surface area contributed by atoms with Gasteiger partial charge in [0.05, 0.1) is 0 Å². The normalized spacial score (nSPS) is 29.4. The van der Waals surface area contributed by atoms with Crippen molar-refractivity contribution in [3.05, 3.63) is 36.5 Å². The molecule has 11 heavy (non-hydrogen) atoms. The van der Waals surface area contributed by atoms with E-state index in [1.165, 1.54) is 0 Å². The van der Waals surface area contributed by atoms with Crippen LogP contribution in [-0.2, 0) is 4.79 Å². The number of carbonyl (C=O) groups excluding carboxylic acids is 1. The fourth-order valence-corrected chi connectivity index (χ4v) is 1.34. The minimum Gasteiger partial charge on any atom is -0.298 e. The zero-order chi connectivity index (χ0) is 8.27. The summed E-state index contributed by atoms with van der Waals surface area (Å²) in [5, 5.41) is 0. The molecule has 0 aromatic carbocycles. The van der Waals surface area contributed by atoms with Gasteiger partial charge in [-0.15, -0.1) is 6.58 Å². The van der Waals surface area contributed by atoms with Crippen LogP contribution in [0.2, 0.25) is 0 Å². The Morgan fingerprint density at radius 2 is 2.36 bits per heavy atom. The average molecular weight is 148 g/mol. The van der Waals surface area contributed by atoms with Crippen molar-refractivity contribution in [2.45, 2.75) is 6.92 Å². The van der Waals surface area contributed by atoms with E-state index in [0.717, 1.165) is 11.9 Å². The summed E-state index contributed by atoms with van der Waals surface area (Å²) < 4.78 is 0. The zero-order valence-corrected chi connectivity index (χ0v) is 6.66. The van der Waals surface area contributed by atoms with E-state index in [9.17, 15) is 4.79 Å². The van der Waals surface area contributed by atoms with Gasteiger partial charge in [-0.1, -0.05) is 31.2 Å². The van der Waals surface area contributed by atoms with E-state index in [0.29, 0.717) is 5.92 Å². The monoisotopic (exact) mass is 148 g/mol. The van der Waals surface area contributed by atoms with Gasteiger partial charge >= 0.3 is 0 Å². The van der Waals surface area contributed by atoms with Gasteiger partial charge in [-0.05, 0) is 11.5 Å². The van der Waals surface area contributed by atoms with Gasteiger partial charge in [0.25, 0.3) is 0 Å². The van der Waals surface area contributed by atoms with E-state index >= 15 is 0 Å². The van der Waals surface area contributed by atoms with Gasteiger partial charge in [0.15, 0.2) is 0 Å². The van der Waals surface area contributed by atoms with Crippen molar-refractivity contribution in [3.63, 3.8) is 0 Å². The third-order valence-corrected chi connectivity index (χ3v) is 2.04. The fraction of sp³-hybridized carbons (Fsp3) is 0.300. The minimum atomic E-state index is 0.206. The van der Waals surface area contributed by atoms with Crippen LogP contribution in [0.15, 0.2) is 36.5 Å². The third-order valence-electron chi connectivity index (χ3n) is 2.04. The van der Waals surface area contributed by atoms with Gasteiger partial charge in [0, 0.05) is 5.92 Å². The Labute approximate surface area is 67.1 Å². The zero-order valence-electron chi connectivity index (χ0n) is 6.66. The van der Waals surface area contributed by atoms with Crippen molar-refractivity contribution in [3.8, 4) is 0 Å².